The van der Waals surface area contributed by atoms with Crippen LogP contribution in [0.1, 0.15) is 52.0 Å². The molecule has 2 atom stereocenters. The van der Waals surface area contributed by atoms with E-state index in [9.17, 15) is 4.79 Å². The first-order valence-corrected chi connectivity index (χ1v) is 10.7. The zero-order chi connectivity index (χ0) is 22.1. The molecule has 2 unspecified atom stereocenters. The number of aryl methyl sites for hydroxylation is 1. The highest BCUT2D eigenvalue weighted by atomic mass is 32.1. The van der Waals surface area contributed by atoms with Gasteiger partial charge < -0.3 is 19.5 Å². The average Bonchev–Trinajstić information content (AvgIpc) is 3.28. The molecule has 6 nitrogen and oxygen atoms in total. The van der Waals surface area contributed by atoms with Crippen LogP contribution in [0.2, 0.25) is 0 Å². The Morgan fingerprint density at radius 2 is 2.00 bits per heavy atom. The lowest BCUT2D eigenvalue weighted by Gasteiger charge is -2.27. The maximum atomic E-state index is 12.0. The summed E-state index contributed by atoms with van der Waals surface area (Å²) >= 11 is 5.66. The Hall–Kier alpha value is -3.19. The number of rotatable bonds is 5. The van der Waals surface area contributed by atoms with Gasteiger partial charge in [-0.1, -0.05) is 12.1 Å². The van der Waals surface area contributed by atoms with Gasteiger partial charge in [-0.15, -0.1) is 0 Å². The van der Waals surface area contributed by atoms with E-state index in [1.54, 1.807) is 6.07 Å². The summed E-state index contributed by atoms with van der Waals surface area (Å²) in [6.45, 7) is 7.09. The zero-order valence-corrected chi connectivity index (χ0v) is 18.9. The fraction of sp³-hybridized carbons (Fsp3) is 0.292. The molecule has 4 rings (SSSR count). The molecule has 7 heteroatoms. The van der Waals surface area contributed by atoms with Crippen molar-refractivity contribution in [3.05, 3.63) is 82.9 Å². The SMILES string of the molecule is CCN1C(=S)NC(c2ccccn2)C1c1cc(C)n(-c2cccc(C(=O)OC)c2)c1C. The Morgan fingerprint density at radius 1 is 1.19 bits per heavy atom. The Morgan fingerprint density at radius 3 is 2.68 bits per heavy atom. The van der Waals surface area contributed by atoms with Gasteiger partial charge in [0.2, 0.25) is 0 Å². The van der Waals surface area contributed by atoms with Crippen LogP contribution in [0, 0.1) is 13.8 Å². The van der Waals surface area contributed by atoms with Gasteiger partial charge in [-0.3, -0.25) is 4.98 Å². The highest BCUT2D eigenvalue weighted by Gasteiger charge is 2.40. The Labute approximate surface area is 187 Å². The maximum Gasteiger partial charge on any atom is 0.337 e. The number of likely N-dealkylation sites (N-methyl/N-ethyl adjacent to an activating group) is 1. The van der Waals surface area contributed by atoms with E-state index in [1.165, 1.54) is 12.7 Å². The summed E-state index contributed by atoms with van der Waals surface area (Å²) in [5.74, 6) is -0.345. The van der Waals surface area contributed by atoms with Crippen LogP contribution in [0.3, 0.4) is 0 Å². The van der Waals surface area contributed by atoms with E-state index < -0.39 is 0 Å². The standard InChI is InChI=1S/C24H26N4O2S/c1-5-27-22(21(26-24(27)31)20-11-6-7-12-25-20)19-13-15(2)28(16(19)3)18-10-8-9-17(14-18)23(29)30-4/h6-14,21-22H,5H2,1-4H3,(H,26,31). The number of nitrogens with one attached hydrogen (secondary N) is 1. The average molecular weight is 435 g/mol. The number of hydrogen-bond donors (Lipinski definition) is 1. The Bertz CT molecular complexity index is 1130. The van der Waals surface area contributed by atoms with Gasteiger partial charge in [-0.05, 0) is 75.0 Å². The van der Waals surface area contributed by atoms with Crippen molar-refractivity contribution in [2.24, 2.45) is 0 Å². The minimum atomic E-state index is -0.345. The van der Waals surface area contributed by atoms with Crippen LogP contribution in [-0.2, 0) is 4.74 Å². The van der Waals surface area contributed by atoms with Gasteiger partial charge >= 0.3 is 5.97 Å². The van der Waals surface area contributed by atoms with Crippen LogP contribution >= 0.6 is 12.2 Å². The molecule has 1 aliphatic rings. The number of hydrogen-bond acceptors (Lipinski definition) is 4. The van der Waals surface area contributed by atoms with Gasteiger partial charge in [0.1, 0.15) is 0 Å². The molecular weight excluding hydrogens is 408 g/mol. The summed E-state index contributed by atoms with van der Waals surface area (Å²) in [7, 11) is 1.40. The second kappa shape index (κ2) is 8.51. The smallest absolute Gasteiger partial charge is 0.337 e. The summed E-state index contributed by atoms with van der Waals surface area (Å²) in [6, 6.07) is 15.7. The molecule has 2 aromatic heterocycles. The van der Waals surface area contributed by atoms with Crippen LogP contribution in [0.5, 0.6) is 0 Å². The number of nitrogens with zero attached hydrogens (tertiary/aromatic N) is 3. The van der Waals surface area contributed by atoms with Crippen LogP contribution in [0.25, 0.3) is 5.69 Å². The van der Waals surface area contributed by atoms with Crippen molar-refractivity contribution in [2.75, 3.05) is 13.7 Å². The van der Waals surface area contributed by atoms with Crippen molar-refractivity contribution in [3.8, 4) is 5.69 Å². The number of carbonyl (C=O) groups excluding carboxylic acids is 1. The fourth-order valence-electron chi connectivity index (χ4n) is 4.46. The van der Waals surface area contributed by atoms with Gasteiger partial charge in [0.15, 0.2) is 5.11 Å². The Balaban J connectivity index is 1.81. The summed E-state index contributed by atoms with van der Waals surface area (Å²) in [4.78, 5) is 18.8. The summed E-state index contributed by atoms with van der Waals surface area (Å²) in [5, 5.41) is 4.21. The zero-order valence-electron chi connectivity index (χ0n) is 18.1. The quantitative estimate of drug-likeness (QED) is 0.478. The number of pyridine rings is 1. The van der Waals surface area contributed by atoms with Crippen LogP contribution in [0.15, 0.2) is 54.7 Å². The number of carbonyl (C=O) groups is 1. The summed E-state index contributed by atoms with van der Waals surface area (Å²) in [6.07, 6.45) is 1.81. The molecular formula is C24H26N4O2S. The monoisotopic (exact) mass is 434 g/mol. The molecule has 0 spiro atoms. The van der Waals surface area contributed by atoms with Crippen molar-refractivity contribution in [1.82, 2.24) is 19.8 Å². The van der Waals surface area contributed by atoms with Crippen LogP contribution < -0.4 is 5.32 Å². The third-order valence-corrected chi connectivity index (χ3v) is 6.21. The first-order valence-electron chi connectivity index (χ1n) is 10.3. The minimum Gasteiger partial charge on any atom is -0.465 e. The second-order valence-corrected chi connectivity index (χ2v) is 8.00. The number of ether oxygens (including phenoxy) is 1. The number of thiocarbonyl (C=S) groups is 1. The predicted octanol–water partition coefficient (Wildman–Crippen LogP) is 4.27. The molecule has 0 bridgehead atoms. The van der Waals surface area contributed by atoms with E-state index in [1.807, 2.05) is 42.6 Å². The highest BCUT2D eigenvalue weighted by Crippen LogP contribution is 2.41. The lowest BCUT2D eigenvalue weighted by Crippen LogP contribution is -2.29. The molecule has 160 valence electrons. The molecule has 0 radical (unpaired) electrons. The van der Waals surface area contributed by atoms with E-state index >= 15 is 0 Å². The lowest BCUT2D eigenvalue weighted by atomic mass is 9.97. The largest absolute Gasteiger partial charge is 0.465 e. The predicted molar refractivity (Wildman–Crippen MR) is 124 cm³/mol. The minimum absolute atomic E-state index is 0.0242. The Kier molecular flexibility index (Phi) is 5.78. The van der Waals surface area contributed by atoms with E-state index in [0.29, 0.717) is 5.56 Å². The van der Waals surface area contributed by atoms with Crippen molar-refractivity contribution >= 4 is 23.3 Å². The third-order valence-electron chi connectivity index (χ3n) is 5.85. The third kappa shape index (κ3) is 3.70. The van der Waals surface area contributed by atoms with Gasteiger partial charge in [-0.2, -0.15) is 0 Å². The van der Waals surface area contributed by atoms with Crippen LogP contribution in [-0.4, -0.2) is 39.2 Å². The van der Waals surface area contributed by atoms with Gasteiger partial charge in [0, 0.05) is 29.8 Å². The van der Waals surface area contributed by atoms with Crippen LogP contribution in [0.4, 0.5) is 0 Å². The van der Waals surface area contributed by atoms with Crippen molar-refractivity contribution in [1.29, 1.82) is 0 Å². The van der Waals surface area contributed by atoms with Gasteiger partial charge in [-0.25, -0.2) is 4.79 Å². The molecule has 1 saturated heterocycles. The second-order valence-electron chi connectivity index (χ2n) is 7.62. The normalized spacial score (nSPS) is 18.2. The fourth-order valence-corrected chi connectivity index (χ4v) is 4.83. The summed E-state index contributed by atoms with van der Waals surface area (Å²) < 4.78 is 7.07. The molecule has 31 heavy (non-hydrogen) atoms. The maximum absolute atomic E-state index is 12.0. The number of benzene rings is 1. The number of esters is 1. The molecule has 3 aromatic rings. The van der Waals surface area contributed by atoms with Gasteiger partial charge in [0.05, 0.1) is 30.5 Å². The van der Waals surface area contributed by atoms with E-state index in [0.717, 1.165) is 34.4 Å². The molecule has 1 aliphatic heterocycles. The molecule has 0 amide bonds. The topological polar surface area (TPSA) is 59.4 Å². The first kappa shape index (κ1) is 21.1. The van der Waals surface area contributed by atoms with Crippen molar-refractivity contribution in [2.45, 2.75) is 32.9 Å². The van der Waals surface area contributed by atoms with Gasteiger partial charge in [0.25, 0.3) is 0 Å². The van der Waals surface area contributed by atoms with E-state index in [4.69, 9.17) is 17.0 Å². The highest BCUT2D eigenvalue weighted by molar-refractivity contribution is 7.80. The summed E-state index contributed by atoms with van der Waals surface area (Å²) in [5.41, 5.74) is 5.79. The van der Waals surface area contributed by atoms with E-state index in [2.05, 4.69) is 46.6 Å². The van der Waals surface area contributed by atoms with Crippen molar-refractivity contribution in [3.63, 3.8) is 0 Å². The first-order chi connectivity index (χ1) is 15.0. The molecule has 1 fully saturated rings. The molecule has 1 N–H and O–H groups in total. The molecule has 0 aliphatic carbocycles. The molecule has 1 aromatic carbocycles. The van der Waals surface area contributed by atoms with Crippen molar-refractivity contribution < 1.29 is 9.53 Å². The lowest BCUT2D eigenvalue weighted by molar-refractivity contribution is 0.0600. The van der Waals surface area contributed by atoms with E-state index in [-0.39, 0.29) is 18.1 Å². The molecule has 3 heterocycles. The molecule has 0 saturated carbocycles. The number of methoxy groups -OCH3 is 1. The number of aromatic nitrogens is 2.